The maximum absolute atomic E-state index is 11.7. The van der Waals surface area contributed by atoms with Crippen LogP contribution in [0.1, 0.15) is 53.4 Å². The summed E-state index contributed by atoms with van der Waals surface area (Å²) in [6, 6.07) is 1.71. The first kappa shape index (κ1) is 34.7. The second kappa shape index (κ2) is 16.9. The first-order valence-corrected chi connectivity index (χ1v) is 15.5. The molecule has 240 valence electrons. The number of carboxylic acid groups (broad SMARTS) is 1. The van der Waals surface area contributed by atoms with Gasteiger partial charge in [0, 0.05) is 82.1 Å². The molecule has 2 fully saturated rings. The number of aromatic nitrogens is 1. The molecule has 5 atom stereocenters. The number of hydrogen-bond donors (Lipinski definition) is 1. The molecule has 3 heterocycles. The third-order valence-corrected chi connectivity index (χ3v) is 8.62. The van der Waals surface area contributed by atoms with Crippen LogP contribution in [0.5, 0.6) is 5.88 Å². The Morgan fingerprint density at radius 3 is 2.67 bits per heavy atom. The summed E-state index contributed by atoms with van der Waals surface area (Å²) in [5.41, 5.74) is 1.84. The highest BCUT2D eigenvalue weighted by atomic mass is 35.5. The fraction of sp³-hybridized carbons (Fsp3) is 0.656. The molecule has 10 nitrogen and oxygen atoms in total. The number of anilines is 1. The van der Waals surface area contributed by atoms with Crippen LogP contribution in [-0.2, 0) is 19.0 Å². The van der Waals surface area contributed by atoms with Gasteiger partial charge in [-0.2, -0.15) is 0 Å². The molecule has 1 N–H and O–H groups in total. The lowest BCUT2D eigenvalue weighted by Gasteiger charge is -2.40. The van der Waals surface area contributed by atoms with Crippen LogP contribution in [0, 0.1) is 17.8 Å². The average Bonchev–Trinajstić information content (AvgIpc) is 3.28. The molecule has 0 amide bonds. The van der Waals surface area contributed by atoms with E-state index in [0.29, 0.717) is 42.5 Å². The van der Waals surface area contributed by atoms with Crippen LogP contribution < -0.4 is 9.64 Å². The van der Waals surface area contributed by atoms with Gasteiger partial charge in [-0.1, -0.05) is 32.4 Å². The summed E-state index contributed by atoms with van der Waals surface area (Å²) in [5, 5.41) is 10.2. The number of aliphatic imine (C=N–C) groups is 1. The fourth-order valence-corrected chi connectivity index (χ4v) is 6.33. The number of aliphatic carboxylic acids is 1. The van der Waals surface area contributed by atoms with E-state index in [4.69, 9.17) is 30.5 Å². The Morgan fingerprint density at radius 1 is 1.26 bits per heavy atom. The van der Waals surface area contributed by atoms with E-state index in [9.17, 15) is 9.90 Å². The topological polar surface area (TPSA) is 106 Å². The van der Waals surface area contributed by atoms with Crippen LogP contribution in [0.3, 0.4) is 0 Å². The van der Waals surface area contributed by atoms with Gasteiger partial charge in [-0.05, 0) is 38.5 Å². The first-order valence-electron chi connectivity index (χ1n) is 15.1. The molecule has 43 heavy (non-hydrogen) atoms. The number of hydrogen-bond acceptors (Lipinski definition) is 9. The number of nitrogens with zero attached hydrogens (tertiary/aromatic N) is 4. The van der Waals surface area contributed by atoms with Crippen LogP contribution >= 0.6 is 11.6 Å². The largest absolute Gasteiger partial charge is 0.481 e. The smallest absolute Gasteiger partial charge is 0.305 e. The quantitative estimate of drug-likeness (QED) is 0.108. The third-order valence-electron chi connectivity index (χ3n) is 8.33. The van der Waals surface area contributed by atoms with Crippen LogP contribution in [0.4, 0.5) is 5.69 Å². The maximum Gasteiger partial charge on any atom is 0.305 e. The highest BCUT2D eigenvalue weighted by Gasteiger charge is 2.40. The minimum Gasteiger partial charge on any atom is -0.481 e. The van der Waals surface area contributed by atoms with Crippen LogP contribution in [0.15, 0.2) is 41.0 Å². The summed E-state index contributed by atoms with van der Waals surface area (Å²) >= 11 is 6.52. The molecule has 2 saturated heterocycles. The lowest BCUT2D eigenvalue weighted by Crippen LogP contribution is -2.45. The van der Waals surface area contributed by atoms with E-state index in [1.807, 2.05) is 25.1 Å². The molecule has 3 rings (SSSR count). The van der Waals surface area contributed by atoms with Crippen LogP contribution in [-0.4, -0.2) is 93.0 Å². The molecule has 0 saturated carbocycles. The number of pyridine rings is 1. The van der Waals surface area contributed by atoms with E-state index in [0.717, 1.165) is 43.7 Å². The molecule has 0 spiro atoms. The van der Waals surface area contributed by atoms with Gasteiger partial charge >= 0.3 is 5.97 Å². The van der Waals surface area contributed by atoms with Crippen molar-refractivity contribution in [3.05, 3.63) is 41.0 Å². The molecule has 0 aliphatic carbocycles. The van der Waals surface area contributed by atoms with Crippen molar-refractivity contribution in [3.63, 3.8) is 0 Å². The van der Waals surface area contributed by atoms with Gasteiger partial charge in [0.25, 0.3) is 0 Å². The summed E-state index contributed by atoms with van der Waals surface area (Å²) in [7, 11) is 3.27. The van der Waals surface area contributed by atoms with Crippen LogP contribution in [0.2, 0.25) is 5.02 Å². The molecule has 0 bridgehead atoms. The number of rotatable bonds is 16. The van der Waals surface area contributed by atoms with Gasteiger partial charge in [-0.3, -0.25) is 4.79 Å². The third kappa shape index (κ3) is 9.84. The molecule has 11 heteroatoms. The van der Waals surface area contributed by atoms with Crippen molar-refractivity contribution in [2.24, 2.45) is 22.7 Å². The van der Waals surface area contributed by atoms with Crippen molar-refractivity contribution >= 4 is 30.0 Å². The molecule has 2 unspecified atom stereocenters. The van der Waals surface area contributed by atoms with Crippen LogP contribution in [0.25, 0.3) is 0 Å². The Balaban J connectivity index is 1.73. The number of ether oxygens (including phenoxy) is 4. The Kier molecular flexibility index (Phi) is 13.6. The summed E-state index contributed by atoms with van der Waals surface area (Å²) in [4.78, 5) is 24.5. The zero-order valence-electron chi connectivity index (χ0n) is 26.5. The fourth-order valence-electron chi connectivity index (χ4n) is 6.10. The van der Waals surface area contributed by atoms with E-state index in [-0.39, 0.29) is 36.5 Å². The number of likely N-dealkylation sites (tertiary alicyclic amines) is 1. The zero-order chi connectivity index (χ0) is 31.5. The number of carbonyl (C=O) groups is 1. The number of allylic oxidation sites excluding steroid dienone is 3. The van der Waals surface area contributed by atoms with Crippen molar-refractivity contribution in [3.8, 4) is 5.88 Å². The highest BCUT2D eigenvalue weighted by Crippen LogP contribution is 2.36. The van der Waals surface area contributed by atoms with Crippen molar-refractivity contribution in [2.45, 2.75) is 71.6 Å². The van der Waals surface area contributed by atoms with E-state index < -0.39 is 5.97 Å². The molecule has 1 aromatic rings. The number of carboxylic acids is 1. The maximum atomic E-state index is 11.7. The van der Waals surface area contributed by atoms with Gasteiger partial charge in [-0.15, -0.1) is 0 Å². The summed E-state index contributed by atoms with van der Waals surface area (Å²) in [6.07, 6.45) is 7.92. The van der Waals surface area contributed by atoms with Gasteiger partial charge < -0.3 is 33.9 Å². The monoisotopic (exact) mass is 620 g/mol. The Bertz CT molecular complexity index is 1130. The minimum atomic E-state index is -0.823. The molecular weight excluding hydrogens is 572 g/mol. The number of halogens is 1. The van der Waals surface area contributed by atoms with Gasteiger partial charge in [0.15, 0.2) is 0 Å². The minimum absolute atomic E-state index is 0.0388. The van der Waals surface area contributed by atoms with Crippen molar-refractivity contribution in [1.82, 2.24) is 9.88 Å². The normalized spacial score (nSPS) is 24.9. The summed E-state index contributed by atoms with van der Waals surface area (Å²) in [6.45, 7) is 15.6. The van der Waals surface area contributed by atoms with Crippen molar-refractivity contribution in [2.75, 3.05) is 52.0 Å². The van der Waals surface area contributed by atoms with E-state index >= 15 is 0 Å². The predicted octanol–water partition coefficient (Wildman–Crippen LogP) is 5.66. The van der Waals surface area contributed by atoms with E-state index in [1.54, 1.807) is 20.4 Å². The second-order valence-corrected chi connectivity index (χ2v) is 12.3. The highest BCUT2D eigenvalue weighted by molar-refractivity contribution is 6.33. The zero-order valence-corrected chi connectivity index (χ0v) is 27.3. The Labute approximate surface area is 261 Å². The lowest BCUT2D eigenvalue weighted by molar-refractivity contribution is -0.138. The molecule has 2 aliphatic heterocycles. The first-order chi connectivity index (χ1) is 20.6. The Hall–Kier alpha value is -2.82. The number of piperidine rings is 1. The molecule has 2 aliphatic rings. The van der Waals surface area contributed by atoms with Gasteiger partial charge in [0.2, 0.25) is 11.8 Å². The lowest BCUT2D eigenvalue weighted by atomic mass is 9.87. The number of methoxy groups -OCH3 is 2. The van der Waals surface area contributed by atoms with Crippen molar-refractivity contribution in [1.29, 1.82) is 0 Å². The standard InChI is InChI=1S/C32H49ClN4O6/c1-21(2)15-24-19-36(27-16-31(41-7)35-18-25(27)33)12-11-28(24)43-30(34-5)10-9-22(3)37-20-29(42-14-8-13-40-6)23(4)26(37)17-32(38)39/h9-10,16,18,21,23-24,26,28-29H,5,8,11-15,17,19-20H2,1-4,6-7H3,(H,38,39)/b22-9+,30-10+/t23-,24?,26-,28?,29-/m0/s1. The van der Waals surface area contributed by atoms with Crippen molar-refractivity contribution < 1.29 is 28.8 Å². The molecular formula is C32H49ClN4O6. The molecule has 0 radical (unpaired) electrons. The van der Waals surface area contributed by atoms with Gasteiger partial charge in [-0.25, -0.2) is 9.98 Å². The Morgan fingerprint density at radius 2 is 2.02 bits per heavy atom. The second-order valence-electron chi connectivity index (χ2n) is 11.9. The summed E-state index contributed by atoms with van der Waals surface area (Å²) < 4.78 is 23.1. The van der Waals surface area contributed by atoms with E-state index in [1.165, 1.54) is 0 Å². The van der Waals surface area contributed by atoms with Gasteiger partial charge in [0.05, 0.1) is 36.5 Å². The van der Waals surface area contributed by atoms with Gasteiger partial charge in [0.1, 0.15) is 6.10 Å². The summed E-state index contributed by atoms with van der Waals surface area (Å²) in [5.74, 6) is 0.950. The molecule has 1 aromatic heterocycles. The SMILES string of the molecule is C=N/C(=C\C=C(/C)N1C[C@H](OCCCOC)[C@@H](C)[C@@H]1CC(=O)O)OC1CCN(c2cc(OC)ncc2Cl)CC1CC(C)C. The average molecular weight is 621 g/mol. The van der Waals surface area contributed by atoms with E-state index in [2.05, 4.69) is 47.3 Å². The molecule has 0 aromatic carbocycles. The predicted molar refractivity (Wildman–Crippen MR) is 170 cm³/mol.